The smallest absolute Gasteiger partial charge is 0.244 e. The van der Waals surface area contributed by atoms with Gasteiger partial charge in [-0.15, -0.1) is 0 Å². The number of fused-ring (bicyclic) bond motifs is 1. The summed E-state index contributed by atoms with van der Waals surface area (Å²) in [5.74, 6) is 0.436. The van der Waals surface area contributed by atoms with Gasteiger partial charge in [0, 0.05) is 12.6 Å². The summed E-state index contributed by atoms with van der Waals surface area (Å²) in [5.41, 5.74) is 7.35. The first-order valence-electron chi connectivity index (χ1n) is 6.46. The van der Waals surface area contributed by atoms with E-state index in [0.717, 1.165) is 5.52 Å². The van der Waals surface area contributed by atoms with Crippen LogP contribution in [0.15, 0.2) is 22.6 Å². The van der Waals surface area contributed by atoms with Crippen LogP contribution in [-0.2, 0) is 4.79 Å². The zero-order chi connectivity index (χ0) is 14.0. The largest absolute Gasteiger partial charge is 0.441 e. The molecule has 2 rings (SSSR count). The molecular formula is C14H19N3O2. The van der Waals surface area contributed by atoms with Gasteiger partial charge in [0.05, 0.1) is 5.54 Å². The highest BCUT2D eigenvalue weighted by Gasteiger charge is 2.29. The van der Waals surface area contributed by atoms with Gasteiger partial charge in [-0.3, -0.25) is 4.79 Å². The molecule has 0 aliphatic carbocycles. The van der Waals surface area contributed by atoms with Crippen LogP contribution in [0, 0.1) is 6.92 Å². The number of carbonyl (C=O) groups is 1. The first-order chi connectivity index (χ1) is 8.98. The number of nitrogens with one attached hydrogen (secondary N) is 1. The van der Waals surface area contributed by atoms with Crippen LogP contribution in [0.3, 0.4) is 0 Å². The third-order valence-electron chi connectivity index (χ3n) is 3.47. The Hall–Kier alpha value is -1.88. The number of oxazole rings is 1. The molecule has 0 fully saturated rings. The lowest BCUT2D eigenvalue weighted by Crippen LogP contribution is -2.50. The van der Waals surface area contributed by atoms with Gasteiger partial charge in [0.1, 0.15) is 5.52 Å². The number of carbonyl (C=O) groups excluding carboxylic acids is 1. The van der Waals surface area contributed by atoms with Gasteiger partial charge in [0.15, 0.2) is 11.5 Å². The molecule has 0 bridgehead atoms. The van der Waals surface area contributed by atoms with Crippen molar-refractivity contribution in [3.05, 3.63) is 24.1 Å². The van der Waals surface area contributed by atoms with Crippen LogP contribution < -0.4 is 11.1 Å². The highest BCUT2D eigenvalue weighted by Crippen LogP contribution is 2.21. The number of rotatable bonds is 4. The summed E-state index contributed by atoms with van der Waals surface area (Å²) >= 11 is 0. The fourth-order valence-corrected chi connectivity index (χ4v) is 1.95. The van der Waals surface area contributed by atoms with Gasteiger partial charge < -0.3 is 15.5 Å². The molecule has 2 aromatic rings. The Morgan fingerprint density at radius 3 is 2.74 bits per heavy atom. The molecule has 0 radical (unpaired) electrons. The van der Waals surface area contributed by atoms with Crippen molar-refractivity contribution in [2.45, 2.75) is 39.2 Å². The zero-order valence-corrected chi connectivity index (χ0v) is 11.5. The number of amides is 1. The van der Waals surface area contributed by atoms with Crippen molar-refractivity contribution in [2.75, 3.05) is 5.32 Å². The first kappa shape index (κ1) is 13.5. The van der Waals surface area contributed by atoms with Gasteiger partial charge >= 0.3 is 0 Å². The lowest BCUT2D eigenvalue weighted by atomic mass is 9.93. The third kappa shape index (κ3) is 2.61. The molecule has 0 spiro atoms. The van der Waals surface area contributed by atoms with Crippen LogP contribution in [0.25, 0.3) is 11.1 Å². The first-order valence-corrected chi connectivity index (χ1v) is 6.46. The lowest BCUT2D eigenvalue weighted by molar-refractivity contribution is -0.121. The Labute approximate surface area is 112 Å². The average Bonchev–Trinajstić information content (AvgIpc) is 2.77. The van der Waals surface area contributed by atoms with E-state index in [4.69, 9.17) is 10.2 Å². The van der Waals surface area contributed by atoms with Gasteiger partial charge in [-0.25, -0.2) is 4.98 Å². The SMILES string of the molecule is CCC(N)(CC)C(=O)Nc1ccc2oc(C)nc2c1. The molecule has 0 saturated carbocycles. The van der Waals surface area contributed by atoms with E-state index >= 15 is 0 Å². The molecule has 0 atom stereocenters. The number of anilines is 1. The Balaban J connectivity index is 2.23. The van der Waals surface area contributed by atoms with Crippen LogP contribution in [0.2, 0.25) is 0 Å². The van der Waals surface area contributed by atoms with E-state index in [2.05, 4.69) is 10.3 Å². The topological polar surface area (TPSA) is 81.2 Å². The third-order valence-corrected chi connectivity index (χ3v) is 3.47. The number of aromatic nitrogens is 1. The maximum absolute atomic E-state index is 12.2. The standard InChI is InChI=1S/C14H19N3O2/c1-4-14(15,5-2)13(18)17-10-6-7-12-11(8-10)16-9(3)19-12/h6-8H,4-5,15H2,1-3H3,(H,17,18). The molecule has 0 aliphatic heterocycles. The van der Waals surface area contributed by atoms with Gasteiger partial charge in [-0.05, 0) is 31.0 Å². The van der Waals surface area contributed by atoms with E-state index < -0.39 is 5.54 Å². The molecule has 19 heavy (non-hydrogen) atoms. The number of hydrogen-bond acceptors (Lipinski definition) is 4. The van der Waals surface area contributed by atoms with Crippen molar-refractivity contribution in [3.8, 4) is 0 Å². The fraction of sp³-hybridized carbons (Fsp3) is 0.429. The number of aryl methyl sites for hydroxylation is 1. The maximum Gasteiger partial charge on any atom is 0.244 e. The molecular weight excluding hydrogens is 242 g/mol. The Bertz CT molecular complexity index is 600. The Morgan fingerprint density at radius 2 is 2.11 bits per heavy atom. The van der Waals surface area contributed by atoms with Gasteiger partial charge in [-0.2, -0.15) is 0 Å². The van der Waals surface area contributed by atoms with Crippen molar-refractivity contribution in [2.24, 2.45) is 5.73 Å². The molecule has 0 unspecified atom stereocenters. The van der Waals surface area contributed by atoms with E-state index in [0.29, 0.717) is 30.0 Å². The van der Waals surface area contributed by atoms with Crippen molar-refractivity contribution >= 4 is 22.7 Å². The molecule has 102 valence electrons. The highest BCUT2D eigenvalue weighted by molar-refractivity contribution is 5.98. The van der Waals surface area contributed by atoms with Crippen molar-refractivity contribution in [1.82, 2.24) is 4.98 Å². The summed E-state index contributed by atoms with van der Waals surface area (Å²) in [7, 11) is 0. The van der Waals surface area contributed by atoms with E-state index in [9.17, 15) is 4.79 Å². The van der Waals surface area contributed by atoms with E-state index in [1.54, 1.807) is 25.1 Å². The average molecular weight is 261 g/mol. The van der Waals surface area contributed by atoms with Crippen LogP contribution in [0.5, 0.6) is 0 Å². The van der Waals surface area contributed by atoms with Crippen molar-refractivity contribution in [1.29, 1.82) is 0 Å². The second kappa shape index (κ2) is 5.01. The predicted molar refractivity (Wildman–Crippen MR) is 74.9 cm³/mol. The summed E-state index contributed by atoms with van der Waals surface area (Å²) in [5, 5.41) is 2.84. The second-order valence-electron chi connectivity index (χ2n) is 4.73. The molecule has 5 nitrogen and oxygen atoms in total. The van der Waals surface area contributed by atoms with E-state index in [1.807, 2.05) is 13.8 Å². The maximum atomic E-state index is 12.2. The monoisotopic (exact) mass is 261 g/mol. The Morgan fingerprint density at radius 1 is 1.42 bits per heavy atom. The molecule has 1 aromatic carbocycles. The minimum absolute atomic E-state index is 0.169. The predicted octanol–water partition coefficient (Wildman–Crippen LogP) is 2.59. The number of nitrogens with two attached hydrogens (primary N) is 1. The number of nitrogens with zero attached hydrogens (tertiary/aromatic N) is 1. The van der Waals surface area contributed by atoms with Crippen LogP contribution in [0.1, 0.15) is 32.6 Å². The minimum atomic E-state index is -0.825. The summed E-state index contributed by atoms with van der Waals surface area (Å²) < 4.78 is 5.39. The molecule has 1 aromatic heterocycles. The molecule has 3 N–H and O–H groups in total. The molecule has 0 aliphatic rings. The van der Waals surface area contributed by atoms with Gasteiger partial charge in [0.2, 0.25) is 5.91 Å². The van der Waals surface area contributed by atoms with Crippen LogP contribution in [0.4, 0.5) is 5.69 Å². The van der Waals surface area contributed by atoms with Gasteiger partial charge in [0.25, 0.3) is 0 Å². The van der Waals surface area contributed by atoms with Crippen LogP contribution in [-0.4, -0.2) is 16.4 Å². The summed E-state index contributed by atoms with van der Waals surface area (Å²) in [6.07, 6.45) is 1.20. The molecule has 5 heteroatoms. The zero-order valence-electron chi connectivity index (χ0n) is 11.5. The second-order valence-corrected chi connectivity index (χ2v) is 4.73. The minimum Gasteiger partial charge on any atom is -0.441 e. The van der Waals surface area contributed by atoms with E-state index in [-0.39, 0.29) is 5.91 Å². The summed E-state index contributed by atoms with van der Waals surface area (Å²) in [4.78, 5) is 16.4. The quantitative estimate of drug-likeness (QED) is 0.886. The summed E-state index contributed by atoms with van der Waals surface area (Å²) in [6.45, 7) is 5.61. The van der Waals surface area contributed by atoms with E-state index in [1.165, 1.54) is 0 Å². The molecule has 1 amide bonds. The van der Waals surface area contributed by atoms with Crippen molar-refractivity contribution in [3.63, 3.8) is 0 Å². The highest BCUT2D eigenvalue weighted by atomic mass is 16.3. The van der Waals surface area contributed by atoms with Gasteiger partial charge in [-0.1, -0.05) is 13.8 Å². The molecule has 0 saturated heterocycles. The lowest BCUT2D eigenvalue weighted by Gasteiger charge is -2.25. The number of benzene rings is 1. The van der Waals surface area contributed by atoms with Crippen molar-refractivity contribution < 1.29 is 9.21 Å². The summed E-state index contributed by atoms with van der Waals surface area (Å²) in [6, 6.07) is 5.37. The normalized spacial score (nSPS) is 11.8. The van der Waals surface area contributed by atoms with Crippen LogP contribution >= 0.6 is 0 Å². The fourth-order valence-electron chi connectivity index (χ4n) is 1.95. The number of hydrogen-bond donors (Lipinski definition) is 2. The Kier molecular flexibility index (Phi) is 3.57. The molecule has 1 heterocycles.